The quantitative estimate of drug-likeness (QED) is 0.673. The average Bonchev–Trinajstić information content (AvgIpc) is 2.68. The molecule has 0 fully saturated rings. The lowest BCUT2D eigenvalue weighted by atomic mass is 9.92. The van der Waals surface area contributed by atoms with Crippen molar-refractivity contribution in [3.63, 3.8) is 0 Å². The van der Waals surface area contributed by atoms with Gasteiger partial charge in [-0.2, -0.15) is 0 Å². The first-order valence-corrected chi connectivity index (χ1v) is 6.83. The molecule has 18 heavy (non-hydrogen) atoms. The molecule has 0 bridgehead atoms. The molecule has 0 saturated heterocycles. The molecule has 100 valence electrons. The predicted molar refractivity (Wildman–Crippen MR) is 75.2 cm³/mol. The van der Waals surface area contributed by atoms with Crippen LogP contribution in [-0.2, 0) is 9.53 Å². The van der Waals surface area contributed by atoms with Crippen molar-refractivity contribution < 1.29 is 9.53 Å². The number of carbonyl (C=O) groups is 1. The van der Waals surface area contributed by atoms with Crippen LogP contribution in [0.2, 0.25) is 0 Å². The van der Waals surface area contributed by atoms with Gasteiger partial charge in [-0.1, -0.05) is 33.8 Å². The van der Waals surface area contributed by atoms with E-state index in [1.165, 1.54) is 11.3 Å². The third kappa shape index (κ3) is 4.49. The molecule has 0 unspecified atom stereocenters. The summed E-state index contributed by atoms with van der Waals surface area (Å²) in [6, 6.07) is 0. The number of carbonyl (C=O) groups excluding carboxylic acids is 1. The molecule has 5 heteroatoms. The minimum Gasteiger partial charge on any atom is -0.462 e. The van der Waals surface area contributed by atoms with E-state index in [1.54, 1.807) is 5.38 Å². The Balaban J connectivity index is 3.03. The normalized spacial score (nSPS) is 12.6. The van der Waals surface area contributed by atoms with Crippen molar-refractivity contribution in [2.45, 2.75) is 34.1 Å². The first-order valence-electron chi connectivity index (χ1n) is 5.95. The molecular formula is C13H20N2O2S. The van der Waals surface area contributed by atoms with Crippen LogP contribution in [0.3, 0.4) is 0 Å². The smallest absolute Gasteiger partial charge is 0.340 e. The van der Waals surface area contributed by atoms with Crippen molar-refractivity contribution in [2.75, 3.05) is 12.3 Å². The van der Waals surface area contributed by atoms with Gasteiger partial charge >= 0.3 is 5.97 Å². The maximum Gasteiger partial charge on any atom is 0.340 e. The van der Waals surface area contributed by atoms with Gasteiger partial charge in [0.1, 0.15) is 0 Å². The Morgan fingerprint density at radius 2 is 2.22 bits per heavy atom. The van der Waals surface area contributed by atoms with E-state index in [-0.39, 0.29) is 11.4 Å². The maximum absolute atomic E-state index is 12.0. The molecular weight excluding hydrogens is 248 g/mol. The zero-order chi connectivity index (χ0) is 13.8. The van der Waals surface area contributed by atoms with Crippen LogP contribution in [0.5, 0.6) is 0 Å². The van der Waals surface area contributed by atoms with Crippen molar-refractivity contribution >= 4 is 28.0 Å². The van der Waals surface area contributed by atoms with Crippen molar-refractivity contribution in [1.29, 1.82) is 0 Å². The summed E-state index contributed by atoms with van der Waals surface area (Å²) in [6.45, 7) is 8.45. The molecule has 4 nitrogen and oxygen atoms in total. The molecule has 0 aromatic carbocycles. The zero-order valence-electron chi connectivity index (χ0n) is 11.3. The highest BCUT2D eigenvalue weighted by atomic mass is 32.1. The Bertz CT molecular complexity index is 444. The van der Waals surface area contributed by atoms with Gasteiger partial charge in [-0.3, -0.25) is 0 Å². The van der Waals surface area contributed by atoms with E-state index >= 15 is 0 Å². The van der Waals surface area contributed by atoms with Gasteiger partial charge in [0.05, 0.1) is 17.9 Å². The van der Waals surface area contributed by atoms with Crippen molar-refractivity contribution in [3.05, 3.63) is 17.2 Å². The zero-order valence-corrected chi connectivity index (χ0v) is 12.1. The lowest BCUT2D eigenvalue weighted by molar-refractivity contribution is -0.136. The lowest BCUT2D eigenvalue weighted by Gasteiger charge is -2.15. The van der Waals surface area contributed by atoms with Crippen LogP contribution in [0, 0.1) is 5.41 Å². The molecule has 0 amide bonds. The number of thiazole rings is 1. The van der Waals surface area contributed by atoms with Crippen molar-refractivity contribution in [2.24, 2.45) is 5.41 Å². The minimum absolute atomic E-state index is 0.126. The fourth-order valence-corrected chi connectivity index (χ4v) is 1.92. The molecule has 1 rings (SSSR count). The minimum atomic E-state index is -0.336. The Kier molecular flexibility index (Phi) is 4.90. The monoisotopic (exact) mass is 268 g/mol. The first kappa shape index (κ1) is 14.7. The van der Waals surface area contributed by atoms with E-state index in [1.807, 2.05) is 33.8 Å². The summed E-state index contributed by atoms with van der Waals surface area (Å²) in [5.74, 6) is -0.336. The van der Waals surface area contributed by atoms with Crippen LogP contribution in [0.1, 0.15) is 39.8 Å². The third-order valence-corrected chi connectivity index (χ3v) is 2.71. The van der Waals surface area contributed by atoms with Crippen LogP contribution in [0.25, 0.3) is 5.57 Å². The van der Waals surface area contributed by atoms with Gasteiger partial charge in [-0.05, 0) is 11.8 Å². The highest BCUT2D eigenvalue weighted by Gasteiger charge is 2.20. The topological polar surface area (TPSA) is 65.2 Å². The van der Waals surface area contributed by atoms with Crippen LogP contribution in [-0.4, -0.2) is 17.6 Å². The molecule has 0 spiro atoms. The summed E-state index contributed by atoms with van der Waals surface area (Å²) in [7, 11) is 0. The number of nitrogens with zero attached hydrogens (tertiary/aromatic N) is 1. The predicted octanol–water partition coefficient (Wildman–Crippen LogP) is 3.11. The highest BCUT2D eigenvalue weighted by Crippen LogP contribution is 2.26. The molecule has 1 aromatic rings. The number of hydrogen-bond acceptors (Lipinski definition) is 5. The number of nitrogen functional groups attached to an aromatic ring is 1. The Morgan fingerprint density at radius 1 is 1.56 bits per heavy atom. The molecule has 0 aliphatic carbocycles. The maximum atomic E-state index is 12.0. The Hall–Kier alpha value is -1.36. The fraction of sp³-hybridized carbons (Fsp3) is 0.538. The number of esters is 1. The lowest BCUT2D eigenvalue weighted by Crippen LogP contribution is -2.12. The van der Waals surface area contributed by atoms with Crippen molar-refractivity contribution in [1.82, 2.24) is 4.98 Å². The summed E-state index contributed by atoms with van der Waals surface area (Å²) in [5.41, 5.74) is 6.56. The second kappa shape index (κ2) is 6.00. The summed E-state index contributed by atoms with van der Waals surface area (Å²) in [6.07, 6.45) is 2.67. The SMILES string of the molecule is CCCOC(=O)C(=CC(C)(C)C)c1csc(N)n1. The fourth-order valence-electron chi connectivity index (χ4n) is 1.35. The number of allylic oxidation sites excluding steroid dienone is 1. The number of hydrogen-bond donors (Lipinski definition) is 1. The first-order chi connectivity index (χ1) is 8.33. The van der Waals surface area contributed by atoms with Gasteiger partial charge in [-0.15, -0.1) is 11.3 Å². The highest BCUT2D eigenvalue weighted by molar-refractivity contribution is 7.13. The van der Waals surface area contributed by atoms with E-state index in [9.17, 15) is 4.79 Å². The van der Waals surface area contributed by atoms with Gasteiger partial charge in [0.2, 0.25) is 0 Å². The van der Waals surface area contributed by atoms with Crippen LogP contribution < -0.4 is 5.73 Å². The van der Waals surface area contributed by atoms with E-state index in [0.717, 1.165) is 6.42 Å². The van der Waals surface area contributed by atoms with Gasteiger partial charge in [0, 0.05) is 5.38 Å². The molecule has 0 radical (unpaired) electrons. The molecule has 0 atom stereocenters. The molecule has 0 aliphatic heterocycles. The second-order valence-electron chi connectivity index (χ2n) is 5.13. The van der Waals surface area contributed by atoms with E-state index in [2.05, 4.69) is 4.98 Å². The van der Waals surface area contributed by atoms with Gasteiger partial charge in [-0.25, -0.2) is 9.78 Å². The van der Waals surface area contributed by atoms with E-state index in [0.29, 0.717) is 23.0 Å². The number of nitrogens with two attached hydrogens (primary N) is 1. The summed E-state index contributed by atoms with van der Waals surface area (Å²) < 4.78 is 5.18. The number of ether oxygens (including phenoxy) is 1. The third-order valence-electron chi connectivity index (χ3n) is 2.03. The van der Waals surface area contributed by atoms with E-state index in [4.69, 9.17) is 10.5 Å². The molecule has 0 aliphatic rings. The number of rotatable bonds is 4. The van der Waals surface area contributed by atoms with Crippen molar-refractivity contribution in [3.8, 4) is 0 Å². The molecule has 2 N–H and O–H groups in total. The standard InChI is InChI=1S/C13H20N2O2S/c1-5-6-17-11(16)9(7-13(2,3)4)10-8-18-12(14)15-10/h7-8H,5-6H2,1-4H3,(H2,14,15). The van der Waals surface area contributed by atoms with Crippen LogP contribution >= 0.6 is 11.3 Å². The summed E-state index contributed by atoms with van der Waals surface area (Å²) in [4.78, 5) is 16.2. The van der Waals surface area contributed by atoms with Crippen LogP contribution in [0.15, 0.2) is 11.5 Å². The Labute approximate surface area is 112 Å². The van der Waals surface area contributed by atoms with Gasteiger partial charge < -0.3 is 10.5 Å². The van der Waals surface area contributed by atoms with E-state index < -0.39 is 0 Å². The average molecular weight is 268 g/mol. The van der Waals surface area contributed by atoms with Gasteiger partial charge in [0.15, 0.2) is 5.13 Å². The largest absolute Gasteiger partial charge is 0.462 e. The van der Waals surface area contributed by atoms with Gasteiger partial charge in [0.25, 0.3) is 0 Å². The van der Waals surface area contributed by atoms with Crippen LogP contribution in [0.4, 0.5) is 5.13 Å². The Morgan fingerprint density at radius 3 is 2.67 bits per heavy atom. The summed E-state index contributed by atoms with van der Waals surface area (Å²) in [5, 5.41) is 2.23. The second-order valence-corrected chi connectivity index (χ2v) is 6.02. The number of anilines is 1. The molecule has 1 aromatic heterocycles. The molecule has 1 heterocycles. The summed E-state index contributed by atoms with van der Waals surface area (Å²) >= 11 is 1.32. The molecule has 0 saturated carbocycles. The number of aromatic nitrogens is 1.